The van der Waals surface area contributed by atoms with Crippen LogP contribution in [0.2, 0.25) is 5.32 Å². The van der Waals surface area contributed by atoms with Gasteiger partial charge in [-0.25, -0.2) is 0 Å². The van der Waals surface area contributed by atoms with Crippen LogP contribution in [-0.4, -0.2) is 39.6 Å². The summed E-state index contributed by atoms with van der Waals surface area (Å²) in [4.78, 5) is 25.3. The van der Waals surface area contributed by atoms with Gasteiger partial charge in [0.25, 0.3) is 0 Å². The van der Waals surface area contributed by atoms with Crippen molar-refractivity contribution in [2.45, 2.75) is 129 Å². The Morgan fingerprint density at radius 1 is 0.689 bits per heavy atom. The number of allylic oxidation sites excluding steroid dienone is 2. The summed E-state index contributed by atoms with van der Waals surface area (Å²) in [5.74, 6) is 0.633. The van der Waals surface area contributed by atoms with E-state index in [2.05, 4.69) is 26.0 Å². The SMILES string of the molecule is CCCCCCCCCCCCOc1ccc(C2=CC=C(C(=O)Oc3ccc(C(=O)O[C@H](C)CCCCCC)cc3)C[Se]2)cc1. The Kier molecular flexibility index (Phi) is 17.8. The first kappa shape index (κ1) is 36.6. The fourth-order valence-corrected chi connectivity index (χ4v) is 7.31. The van der Waals surface area contributed by atoms with Crippen LogP contribution in [0.1, 0.15) is 133 Å². The molecule has 0 unspecified atom stereocenters. The van der Waals surface area contributed by atoms with E-state index < -0.39 is 0 Å². The Morgan fingerprint density at radius 2 is 1.27 bits per heavy atom. The number of carbonyl (C=O) groups is 2. The summed E-state index contributed by atoms with van der Waals surface area (Å²) < 4.78 is 18.4. The van der Waals surface area contributed by atoms with E-state index in [-0.39, 0.29) is 33.0 Å². The number of benzene rings is 2. The van der Waals surface area contributed by atoms with E-state index in [4.69, 9.17) is 14.2 Å². The Morgan fingerprint density at radius 3 is 1.87 bits per heavy atom. The van der Waals surface area contributed by atoms with Crippen molar-refractivity contribution >= 4 is 31.4 Å². The van der Waals surface area contributed by atoms with Crippen LogP contribution < -0.4 is 9.47 Å². The topological polar surface area (TPSA) is 61.8 Å². The van der Waals surface area contributed by atoms with Gasteiger partial charge in [0.1, 0.15) is 0 Å². The number of rotatable bonds is 22. The average molecular weight is 682 g/mol. The average Bonchev–Trinajstić information content (AvgIpc) is 3.06. The minimum absolute atomic E-state index is 0.115. The molecule has 2 aromatic carbocycles. The predicted octanol–water partition coefficient (Wildman–Crippen LogP) is 10.5. The quantitative estimate of drug-likeness (QED) is 0.0536. The second-order valence-corrected chi connectivity index (χ2v) is 14.2. The van der Waals surface area contributed by atoms with Crippen LogP contribution in [0.5, 0.6) is 11.5 Å². The maximum atomic E-state index is 12.8. The van der Waals surface area contributed by atoms with E-state index in [9.17, 15) is 9.59 Å². The van der Waals surface area contributed by atoms with Crippen LogP contribution in [-0.2, 0) is 9.53 Å². The number of carbonyl (C=O) groups excluding carboxylic acids is 2. The van der Waals surface area contributed by atoms with Crippen LogP contribution in [0.25, 0.3) is 4.47 Å². The molecule has 0 bridgehead atoms. The molecule has 0 amide bonds. The van der Waals surface area contributed by atoms with Gasteiger partial charge in [-0.2, -0.15) is 0 Å². The Balaban J connectivity index is 1.36. The summed E-state index contributed by atoms with van der Waals surface area (Å²) >= 11 is 0.127. The fourth-order valence-electron chi connectivity index (χ4n) is 5.23. The van der Waals surface area contributed by atoms with E-state index >= 15 is 0 Å². The zero-order valence-electron chi connectivity index (χ0n) is 27.8. The molecule has 6 heteroatoms. The van der Waals surface area contributed by atoms with Crippen LogP contribution >= 0.6 is 0 Å². The molecule has 1 aliphatic heterocycles. The molecule has 1 atom stereocenters. The van der Waals surface area contributed by atoms with Crippen molar-refractivity contribution in [3.63, 3.8) is 0 Å². The van der Waals surface area contributed by atoms with Crippen molar-refractivity contribution in [1.82, 2.24) is 0 Å². The maximum absolute atomic E-state index is 12.8. The van der Waals surface area contributed by atoms with Crippen molar-refractivity contribution in [2.24, 2.45) is 0 Å². The molecule has 5 nitrogen and oxygen atoms in total. The summed E-state index contributed by atoms with van der Waals surface area (Å²) in [7, 11) is 0. The summed E-state index contributed by atoms with van der Waals surface area (Å²) in [5.41, 5.74) is 2.29. The second kappa shape index (κ2) is 21.8. The second-order valence-electron chi connectivity index (χ2n) is 12.0. The fraction of sp³-hybridized carbons (Fsp3) is 0.538. The standard InChI is InChI=1S/C39H54O5Se/c1-4-6-8-10-11-12-13-14-15-17-29-42-35-24-19-32(20-25-35)37-28-23-34(30-45-37)39(41)44-36-26-21-33(22-27-36)38(40)43-31(3)18-16-9-7-5-2/h19-28,31H,4-18,29-30H2,1-3H3/t31-/m1/s1. The molecule has 0 aromatic heterocycles. The van der Waals surface area contributed by atoms with E-state index in [1.54, 1.807) is 24.3 Å². The zero-order valence-corrected chi connectivity index (χ0v) is 29.5. The first-order valence-electron chi connectivity index (χ1n) is 17.3. The third-order valence-corrected chi connectivity index (χ3v) is 10.4. The molecule has 0 fully saturated rings. The van der Waals surface area contributed by atoms with Crippen LogP contribution in [0.3, 0.4) is 0 Å². The third-order valence-electron chi connectivity index (χ3n) is 8.06. The van der Waals surface area contributed by atoms with Crippen LogP contribution in [0.15, 0.2) is 66.3 Å². The third kappa shape index (κ3) is 14.4. The molecule has 0 saturated carbocycles. The van der Waals surface area contributed by atoms with Gasteiger partial charge in [-0.05, 0) is 6.42 Å². The van der Waals surface area contributed by atoms with Gasteiger partial charge in [-0.15, -0.1) is 0 Å². The molecule has 2 aromatic rings. The van der Waals surface area contributed by atoms with Gasteiger partial charge < -0.3 is 0 Å². The van der Waals surface area contributed by atoms with E-state index in [1.807, 2.05) is 31.2 Å². The zero-order chi connectivity index (χ0) is 32.1. The number of ether oxygens (including phenoxy) is 3. The molecule has 1 heterocycles. The molecule has 0 saturated heterocycles. The Labute approximate surface area is 278 Å². The summed E-state index contributed by atoms with van der Waals surface area (Å²) in [6, 6.07) is 14.9. The molecular weight excluding hydrogens is 627 g/mol. The van der Waals surface area contributed by atoms with Crippen LogP contribution in [0, 0.1) is 0 Å². The molecule has 0 aliphatic carbocycles. The number of hydrogen-bond acceptors (Lipinski definition) is 5. The Hall–Kier alpha value is -2.82. The minimum atomic E-state index is -0.348. The van der Waals surface area contributed by atoms with Gasteiger partial charge in [0.15, 0.2) is 0 Å². The molecule has 246 valence electrons. The summed E-state index contributed by atoms with van der Waals surface area (Å²) in [6.07, 6.45) is 22.5. The van der Waals surface area contributed by atoms with Gasteiger partial charge in [-0.1, -0.05) is 65.2 Å². The van der Waals surface area contributed by atoms with Gasteiger partial charge >= 0.3 is 208 Å². The number of unbranched alkanes of at least 4 members (excludes halogenated alkanes) is 12. The molecular formula is C39H54O5Se. The van der Waals surface area contributed by atoms with Crippen molar-refractivity contribution in [3.05, 3.63) is 77.4 Å². The van der Waals surface area contributed by atoms with Gasteiger partial charge in [-0.3, -0.25) is 0 Å². The molecule has 1 aliphatic rings. The summed E-state index contributed by atoms with van der Waals surface area (Å²) in [5, 5.41) is 0.676. The van der Waals surface area contributed by atoms with Gasteiger partial charge in [0.05, 0.1) is 0 Å². The van der Waals surface area contributed by atoms with E-state index in [1.165, 1.54) is 80.7 Å². The molecule has 0 radical (unpaired) electrons. The first-order chi connectivity index (χ1) is 22.0. The van der Waals surface area contributed by atoms with Crippen molar-refractivity contribution in [3.8, 4) is 11.5 Å². The number of hydrogen-bond donors (Lipinski definition) is 0. The van der Waals surface area contributed by atoms with E-state index in [0.29, 0.717) is 22.2 Å². The Bertz CT molecular complexity index is 1200. The van der Waals surface area contributed by atoms with E-state index in [0.717, 1.165) is 38.0 Å². The molecule has 0 spiro atoms. The monoisotopic (exact) mass is 682 g/mol. The first-order valence-corrected chi connectivity index (χ1v) is 19.4. The molecule has 0 N–H and O–H groups in total. The molecule has 45 heavy (non-hydrogen) atoms. The van der Waals surface area contributed by atoms with Gasteiger partial charge in [0, 0.05) is 0 Å². The van der Waals surface area contributed by atoms with Crippen molar-refractivity contribution in [2.75, 3.05) is 6.61 Å². The van der Waals surface area contributed by atoms with Crippen LogP contribution in [0.4, 0.5) is 0 Å². The number of esters is 2. The predicted molar refractivity (Wildman–Crippen MR) is 186 cm³/mol. The summed E-state index contributed by atoms with van der Waals surface area (Å²) in [6.45, 7) is 7.15. The van der Waals surface area contributed by atoms with Crippen molar-refractivity contribution in [1.29, 1.82) is 0 Å². The van der Waals surface area contributed by atoms with Crippen molar-refractivity contribution < 1.29 is 23.8 Å². The molecule has 3 rings (SSSR count). The normalized spacial score (nSPS) is 13.5. The van der Waals surface area contributed by atoms with Gasteiger partial charge in [0.2, 0.25) is 0 Å².